The lowest BCUT2D eigenvalue weighted by Crippen LogP contribution is -2.49. The van der Waals surface area contributed by atoms with Crippen LogP contribution in [0, 0.1) is 12.8 Å². The number of hydrogen-bond acceptors (Lipinski definition) is 3. The average molecular weight is 388 g/mol. The Bertz CT molecular complexity index is 547. The zero-order valence-electron chi connectivity index (χ0n) is 15.0. The van der Waals surface area contributed by atoms with Gasteiger partial charge in [-0.2, -0.15) is 0 Å². The van der Waals surface area contributed by atoms with Crippen LogP contribution in [0.1, 0.15) is 36.8 Å². The van der Waals surface area contributed by atoms with E-state index in [0.29, 0.717) is 18.2 Å². The molecule has 0 aromatic heterocycles. The molecule has 2 fully saturated rings. The maximum atomic E-state index is 12.5. The lowest BCUT2D eigenvalue weighted by Gasteiger charge is -2.35. The predicted molar refractivity (Wildman–Crippen MR) is 107 cm³/mol. The molecular weight excluding hydrogens is 357 g/mol. The van der Waals surface area contributed by atoms with Gasteiger partial charge in [0.15, 0.2) is 0 Å². The van der Waals surface area contributed by atoms with Crippen LogP contribution >= 0.6 is 24.8 Å². The highest BCUT2D eigenvalue weighted by Gasteiger charge is 2.29. The Morgan fingerprint density at radius 1 is 1.16 bits per heavy atom. The molecule has 3 rings (SSSR count). The van der Waals surface area contributed by atoms with Gasteiger partial charge in [0.25, 0.3) is 0 Å². The van der Waals surface area contributed by atoms with Crippen molar-refractivity contribution in [3.63, 3.8) is 0 Å². The highest BCUT2D eigenvalue weighted by Crippen LogP contribution is 2.27. The number of piperazine rings is 1. The molecule has 1 aliphatic heterocycles. The van der Waals surface area contributed by atoms with Crippen molar-refractivity contribution >= 4 is 30.7 Å². The number of amides is 1. The van der Waals surface area contributed by atoms with Gasteiger partial charge >= 0.3 is 0 Å². The SMILES string of the molecule is Cc1cccc(CN2CCN(C(=O)C[C@@H]3CCC[C@H]3N)CC2)c1.Cl.Cl. The first-order valence-corrected chi connectivity index (χ1v) is 8.93. The molecule has 2 N–H and O–H groups in total. The quantitative estimate of drug-likeness (QED) is 0.863. The van der Waals surface area contributed by atoms with Crippen molar-refractivity contribution in [1.29, 1.82) is 0 Å². The summed E-state index contributed by atoms with van der Waals surface area (Å²) in [5.41, 5.74) is 8.77. The molecule has 0 radical (unpaired) electrons. The van der Waals surface area contributed by atoms with Gasteiger partial charge in [-0.1, -0.05) is 36.2 Å². The third-order valence-corrected chi connectivity index (χ3v) is 5.37. The molecule has 1 aromatic carbocycles. The van der Waals surface area contributed by atoms with E-state index in [1.165, 1.54) is 17.5 Å². The van der Waals surface area contributed by atoms with Crippen LogP contribution in [0.3, 0.4) is 0 Å². The third-order valence-electron chi connectivity index (χ3n) is 5.37. The number of nitrogens with zero attached hydrogens (tertiary/aromatic N) is 2. The van der Waals surface area contributed by atoms with E-state index in [4.69, 9.17) is 5.73 Å². The van der Waals surface area contributed by atoms with E-state index >= 15 is 0 Å². The van der Waals surface area contributed by atoms with Gasteiger partial charge in [0.05, 0.1) is 0 Å². The predicted octanol–water partition coefficient (Wildman–Crippen LogP) is 3.00. The maximum absolute atomic E-state index is 12.5. The molecule has 0 unspecified atom stereocenters. The van der Waals surface area contributed by atoms with E-state index in [9.17, 15) is 4.79 Å². The Morgan fingerprint density at radius 2 is 1.88 bits per heavy atom. The van der Waals surface area contributed by atoms with Crippen molar-refractivity contribution in [2.45, 2.75) is 45.2 Å². The minimum Gasteiger partial charge on any atom is -0.340 e. The average Bonchev–Trinajstić information content (AvgIpc) is 2.93. The Hall–Kier alpha value is -0.810. The first-order valence-electron chi connectivity index (χ1n) is 8.93. The van der Waals surface area contributed by atoms with Crippen molar-refractivity contribution < 1.29 is 4.79 Å². The molecule has 1 amide bonds. The Kier molecular flexibility index (Phi) is 9.22. The standard InChI is InChI=1S/C19H29N3O.2ClH/c1-15-4-2-5-16(12-15)14-21-8-10-22(11-9-21)19(23)13-17-6-3-7-18(17)20;;/h2,4-5,12,17-18H,3,6-11,13-14,20H2,1H3;2*1H/t17-,18+;;/m0../s1. The summed E-state index contributed by atoms with van der Waals surface area (Å²) in [5, 5.41) is 0. The van der Waals surface area contributed by atoms with Gasteiger partial charge in [0.1, 0.15) is 0 Å². The van der Waals surface area contributed by atoms with E-state index in [0.717, 1.165) is 45.6 Å². The first kappa shape index (κ1) is 22.2. The largest absolute Gasteiger partial charge is 0.340 e. The molecular formula is C19H31Cl2N3O. The summed E-state index contributed by atoms with van der Waals surface area (Å²) in [6.45, 7) is 6.76. The molecule has 2 aliphatic rings. The van der Waals surface area contributed by atoms with Crippen molar-refractivity contribution in [2.75, 3.05) is 26.2 Å². The Balaban J connectivity index is 0.00000156. The first-order chi connectivity index (χ1) is 11.1. The van der Waals surface area contributed by atoms with Gasteiger partial charge in [0, 0.05) is 45.2 Å². The maximum Gasteiger partial charge on any atom is 0.222 e. The van der Waals surface area contributed by atoms with Crippen LogP contribution in [-0.4, -0.2) is 47.9 Å². The van der Waals surface area contributed by atoms with Crippen LogP contribution in [0.5, 0.6) is 0 Å². The number of hydrogen-bond donors (Lipinski definition) is 1. The molecule has 1 saturated carbocycles. The second-order valence-electron chi connectivity index (χ2n) is 7.20. The van der Waals surface area contributed by atoms with E-state index in [1.54, 1.807) is 0 Å². The summed E-state index contributed by atoms with van der Waals surface area (Å²) < 4.78 is 0. The number of halogens is 2. The Morgan fingerprint density at radius 3 is 2.48 bits per heavy atom. The molecule has 1 heterocycles. The van der Waals surface area contributed by atoms with Crippen molar-refractivity contribution in [1.82, 2.24) is 9.80 Å². The molecule has 4 nitrogen and oxygen atoms in total. The summed E-state index contributed by atoms with van der Waals surface area (Å²) in [7, 11) is 0. The van der Waals surface area contributed by atoms with Crippen LogP contribution < -0.4 is 5.73 Å². The topological polar surface area (TPSA) is 49.6 Å². The molecule has 142 valence electrons. The summed E-state index contributed by atoms with van der Waals surface area (Å²) in [4.78, 5) is 16.9. The highest BCUT2D eigenvalue weighted by atomic mass is 35.5. The summed E-state index contributed by atoms with van der Waals surface area (Å²) in [6.07, 6.45) is 4.05. The smallest absolute Gasteiger partial charge is 0.222 e. The number of nitrogens with two attached hydrogens (primary N) is 1. The zero-order chi connectivity index (χ0) is 16.2. The summed E-state index contributed by atoms with van der Waals surface area (Å²) in [5.74, 6) is 0.718. The number of carbonyl (C=O) groups is 1. The van der Waals surface area contributed by atoms with Crippen LogP contribution in [0.25, 0.3) is 0 Å². The fraction of sp³-hybridized carbons (Fsp3) is 0.632. The van der Waals surface area contributed by atoms with Gasteiger partial charge in [-0.05, 0) is 31.2 Å². The number of carbonyl (C=O) groups excluding carboxylic acids is 1. The molecule has 0 spiro atoms. The normalized spacial score (nSPS) is 23.7. The molecule has 1 aromatic rings. The van der Waals surface area contributed by atoms with Crippen LogP contribution in [0.2, 0.25) is 0 Å². The highest BCUT2D eigenvalue weighted by molar-refractivity contribution is 5.85. The fourth-order valence-electron chi connectivity index (χ4n) is 3.90. The van der Waals surface area contributed by atoms with Crippen LogP contribution in [0.4, 0.5) is 0 Å². The molecule has 1 aliphatic carbocycles. The second-order valence-corrected chi connectivity index (χ2v) is 7.20. The second kappa shape index (κ2) is 10.4. The lowest BCUT2D eigenvalue weighted by atomic mass is 9.99. The lowest BCUT2D eigenvalue weighted by molar-refractivity contribution is -0.134. The van der Waals surface area contributed by atoms with Crippen LogP contribution in [0.15, 0.2) is 24.3 Å². The Labute approximate surface area is 163 Å². The minimum absolute atomic E-state index is 0. The van der Waals surface area contributed by atoms with Gasteiger partial charge in [0.2, 0.25) is 5.91 Å². The van der Waals surface area contributed by atoms with E-state index in [-0.39, 0.29) is 30.9 Å². The molecule has 0 bridgehead atoms. The van der Waals surface area contributed by atoms with E-state index in [2.05, 4.69) is 36.1 Å². The molecule has 2 atom stereocenters. The monoisotopic (exact) mass is 387 g/mol. The number of benzene rings is 1. The van der Waals surface area contributed by atoms with E-state index < -0.39 is 0 Å². The van der Waals surface area contributed by atoms with Crippen LogP contribution in [-0.2, 0) is 11.3 Å². The molecule has 25 heavy (non-hydrogen) atoms. The summed E-state index contributed by atoms with van der Waals surface area (Å²) >= 11 is 0. The molecule has 6 heteroatoms. The van der Waals surface area contributed by atoms with Crippen molar-refractivity contribution in [3.05, 3.63) is 35.4 Å². The van der Waals surface area contributed by atoms with Gasteiger partial charge < -0.3 is 10.6 Å². The van der Waals surface area contributed by atoms with Gasteiger partial charge in [-0.15, -0.1) is 24.8 Å². The van der Waals surface area contributed by atoms with Crippen molar-refractivity contribution in [2.24, 2.45) is 11.7 Å². The van der Waals surface area contributed by atoms with Crippen molar-refractivity contribution in [3.8, 4) is 0 Å². The fourth-order valence-corrected chi connectivity index (χ4v) is 3.90. The summed E-state index contributed by atoms with van der Waals surface area (Å²) in [6, 6.07) is 8.93. The van der Waals surface area contributed by atoms with E-state index in [1.807, 2.05) is 4.90 Å². The zero-order valence-corrected chi connectivity index (χ0v) is 16.7. The number of rotatable bonds is 4. The van der Waals surface area contributed by atoms with Gasteiger partial charge in [-0.25, -0.2) is 0 Å². The van der Waals surface area contributed by atoms with Gasteiger partial charge in [-0.3, -0.25) is 9.69 Å². The minimum atomic E-state index is 0. The number of aryl methyl sites for hydroxylation is 1. The molecule has 1 saturated heterocycles. The third kappa shape index (κ3) is 6.14.